The summed E-state index contributed by atoms with van der Waals surface area (Å²) in [5.41, 5.74) is 1.48. The van der Waals surface area contributed by atoms with Crippen LogP contribution in [0.15, 0.2) is 24.3 Å². The zero-order chi connectivity index (χ0) is 15.8. The van der Waals surface area contributed by atoms with Gasteiger partial charge in [0, 0.05) is 17.9 Å². The SMILES string of the molecule is COc1ccc(C)cc1-n1c(O)cc(CS(C)(=O)=O)c1O. The highest BCUT2D eigenvalue weighted by molar-refractivity contribution is 7.89. The van der Waals surface area contributed by atoms with E-state index in [1.165, 1.54) is 13.2 Å². The van der Waals surface area contributed by atoms with Crippen molar-refractivity contribution in [1.82, 2.24) is 4.57 Å². The van der Waals surface area contributed by atoms with Gasteiger partial charge in [0.05, 0.1) is 18.6 Å². The zero-order valence-electron chi connectivity index (χ0n) is 12.0. The second-order valence-electron chi connectivity index (χ2n) is 4.93. The van der Waals surface area contributed by atoms with Crippen molar-refractivity contribution in [2.75, 3.05) is 13.4 Å². The first kappa shape index (κ1) is 15.2. The van der Waals surface area contributed by atoms with Gasteiger partial charge in [0.1, 0.15) is 5.75 Å². The molecule has 1 aromatic heterocycles. The van der Waals surface area contributed by atoms with Crippen molar-refractivity contribution in [2.24, 2.45) is 0 Å². The molecule has 21 heavy (non-hydrogen) atoms. The van der Waals surface area contributed by atoms with E-state index >= 15 is 0 Å². The maximum Gasteiger partial charge on any atom is 0.203 e. The summed E-state index contributed by atoms with van der Waals surface area (Å²) in [4.78, 5) is 0. The molecular formula is C14H17NO5S. The second-order valence-corrected chi connectivity index (χ2v) is 7.07. The molecule has 7 heteroatoms. The molecule has 0 unspecified atom stereocenters. The number of hydrogen-bond acceptors (Lipinski definition) is 5. The largest absolute Gasteiger partial charge is 0.495 e. The summed E-state index contributed by atoms with van der Waals surface area (Å²) in [7, 11) is -1.85. The van der Waals surface area contributed by atoms with Crippen LogP contribution >= 0.6 is 0 Å². The van der Waals surface area contributed by atoms with Crippen molar-refractivity contribution in [3.8, 4) is 23.2 Å². The summed E-state index contributed by atoms with van der Waals surface area (Å²) in [6.45, 7) is 1.86. The number of ether oxygens (including phenoxy) is 1. The average Bonchev–Trinajstić information content (AvgIpc) is 2.62. The van der Waals surface area contributed by atoms with E-state index in [4.69, 9.17) is 4.74 Å². The summed E-state index contributed by atoms with van der Waals surface area (Å²) in [5, 5.41) is 20.2. The highest BCUT2D eigenvalue weighted by Crippen LogP contribution is 2.36. The first-order valence-electron chi connectivity index (χ1n) is 6.18. The van der Waals surface area contributed by atoms with Gasteiger partial charge in [-0.2, -0.15) is 0 Å². The number of hydrogen-bond donors (Lipinski definition) is 2. The van der Waals surface area contributed by atoms with Gasteiger partial charge in [0.15, 0.2) is 15.7 Å². The van der Waals surface area contributed by atoms with E-state index in [9.17, 15) is 18.6 Å². The topological polar surface area (TPSA) is 88.8 Å². The molecule has 0 atom stereocenters. The number of aromatic nitrogens is 1. The van der Waals surface area contributed by atoms with Crippen LogP contribution in [0.4, 0.5) is 0 Å². The Kier molecular flexibility index (Phi) is 3.87. The average molecular weight is 311 g/mol. The van der Waals surface area contributed by atoms with Crippen LogP contribution in [0.2, 0.25) is 0 Å². The lowest BCUT2D eigenvalue weighted by Crippen LogP contribution is -2.01. The van der Waals surface area contributed by atoms with Crippen molar-refractivity contribution in [2.45, 2.75) is 12.7 Å². The lowest BCUT2D eigenvalue weighted by molar-refractivity contribution is 0.385. The van der Waals surface area contributed by atoms with E-state index in [1.54, 1.807) is 12.1 Å². The zero-order valence-corrected chi connectivity index (χ0v) is 12.8. The predicted octanol–water partition coefficient (Wildman–Crippen LogP) is 1.75. The maximum atomic E-state index is 11.4. The molecule has 0 aliphatic heterocycles. The molecule has 1 aromatic carbocycles. The van der Waals surface area contributed by atoms with Gasteiger partial charge in [-0.05, 0) is 24.6 Å². The third-order valence-electron chi connectivity index (χ3n) is 3.02. The Labute approximate surface area is 123 Å². The highest BCUT2D eigenvalue weighted by Gasteiger charge is 2.20. The Morgan fingerprint density at radius 1 is 1.24 bits per heavy atom. The van der Waals surface area contributed by atoms with Gasteiger partial charge in [-0.3, -0.25) is 0 Å². The minimum Gasteiger partial charge on any atom is -0.495 e. The molecule has 0 fully saturated rings. The molecule has 2 aromatic rings. The Bertz CT molecular complexity index is 777. The summed E-state index contributed by atoms with van der Waals surface area (Å²) in [6, 6.07) is 6.50. The van der Waals surface area contributed by atoms with Gasteiger partial charge in [-0.1, -0.05) is 6.07 Å². The van der Waals surface area contributed by atoms with Crippen LogP contribution in [0, 0.1) is 6.92 Å². The molecule has 0 spiro atoms. The van der Waals surface area contributed by atoms with Crippen molar-refractivity contribution >= 4 is 9.84 Å². The first-order chi connectivity index (χ1) is 9.73. The normalized spacial score (nSPS) is 11.6. The van der Waals surface area contributed by atoms with E-state index in [-0.39, 0.29) is 23.1 Å². The number of rotatable bonds is 4. The Balaban J connectivity index is 2.63. The van der Waals surface area contributed by atoms with Crippen LogP contribution in [0.5, 0.6) is 17.5 Å². The number of aromatic hydroxyl groups is 2. The third kappa shape index (κ3) is 3.13. The predicted molar refractivity (Wildman–Crippen MR) is 78.9 cm³/mol. The Hall–Kier alpha value is -2.15. The van der Waals surface area contributed by atoms with E-state index < -0.39 is 9.84 Å². The van der Waals surface area contributed by atoms with Gasteiger partial charge < -0.3 is 14.9 Å². The van der Waals surface area contributed by atoms with Crippen LogP contribution in [0.1, 0.15) is 11.1 Å². The lowest BCUT2D eigenvalue weighted by Gasteiger charge is -2.12. The monoisotopic (exact) mass is 311 g/mol. The molecule has 0 amide bonds. The molecule has 2 N–H and O–H groups in total. The molecule has 0 aliphatic carbocycles. The molecule has 114 valence electrons. The molecule has 0 saturated carbocycles. The number of benzene rings is 1. The van der Waals surface area contributed by atoms with Crippen molar-refractivity contribution in [3.63, 3.8) is 0 Å². The quantitative estimate of drug-likeness (QED) is 0.898. The third-order valence-corrected chi connectivity index (χ3v) is 3.86. The fourth-order valence-corrected chi connectivity index (χ4v) is 2.92. The lowest BCUT2D eigenvalue weighted by atomic mass is 10.2. The van der Waals surface area contributed by atoms with E-state index in [1.807, 2.05) is 13.0 Å². The summed E-state index contributed by atoms with van der Waals surface area (Å²) < 4.78 is 29.1. The van der Waals surface area contributed by atoms with Gasteiger partial charge in [0.25, 0.3) is 0 Å². The first-order valence-corrected chi connectivity index (χ1v) is 8.24. The van der Waals surface area contributed by atoms with Crippen LogP contribution in [-0.4, -0.2) is 36.6 Å². The number of sulfone groups is 1. The van der Waals surface area contributed by atoms with Gasteiger partial charge in [-0.25, -0.2) is 13.0 Å². The number of aryl methyl sites for hydroxylation is 1. The van der Waals surface area contributed by atoms with Crippen molar-refractivity contribution < 1.29 is 23.4 Å². The standard InChI is InChI=1S/C14H17NO5S/c1-9-4-5-12(20-2)11(6-9)15-13(16)7-10(14(15)17)8-21(3,18)19/h4-7,16-17H,8H2,1-3H3. The van der Waals surface area contributed by atoms with Crippen LogP contribution in [0.25, 0.3) is 5.69 Å². The maximum absolute atomic E-state index is 11.4. The van der Waals surface area contributed by atoms with E-state index in [0.717, 1.165) is 16.4 Å². The van der Waals surface area contributed by atoms with Crippen molar-refractivity contribution in [1.29, 1.82) is 0 Å². The second kappa shape index (κ2) is 5.33. The summed E-state index contributed by atoms with van der Waals surface area (Å²) >= 11 is 0. The summed E-state index contributed by atoms with van der Waals surface area (Å²) in [6.07, 6.45) is 1.06. The van der Waals surface area contributed by atoms with Gasteiger partial charge >= 0.3 is 0 Å². The van der Waals surface area contributed by atoms with Crippen molar-refractivity contribution in [3.05, 3.63) is 35.4 Å². The number of methoxy groups -OCH3 is 1. The molecule has 2 rings (SSSR count). The molecule has 0 aliphatic rings. The fraction of sp³-hybridized carbons (Fsp3) is 0.286. The minimum absolute atomic E-state index is 0.138. The highest BCUT2D eigenvalue weighted by atomic mass is 32.2. The van der Waals surface area contributed by atoms with Crippen LogP contribution in [-0.2, 0) is 15.6 Å². The Morgan fingerprint density at radius 3 is 2.48 bits per heavy atom. The van der Waals surface area contributed by atoms with Gasteiger partial charge in [0.2, 0.25) is 5.88 Å². The van der Waals surface area contributed by atoms with Crippen LogP contribution in [0.3, 0.4) is 0 Å². The molecule has 6 nitrogen and oxygen atoms in total. The smallest absolute Gasteiger partial charge is 0.203 e. The number of nitrogens with zero attached hydrogens (tertiary/aromatic N) is 1. The minimum atomic E-state index is -3.32. The molecule has 1 heterocycles. The van der Waals surface area contributed by atoms with Gasteiger partial charge in [-0.15, -0.1) is 0 Å². The molecule has 0 bridgehead atoms. The Morgan fingerprint density at radius 2 is 1.90 bits per heavy atom. The van der Waals surface area contributed by atoms with E-state index in [2.05, 4.69) is 0 Å². The van der Waals surface area contributed by atoms with E-state index in [0.29, 0.717) is 11.4 Å². The molecule has 0 radical (unpaired) electrons. The fourth-order valence-electron chi connectivity index (χ4n) is 2.14. The van der Waals surface area contributed by atoms with Crippen LogP contribution < -0.4 is 4.74 Å². The summed E-state index contributed by atoms with van der Waals surface area (Å²) in [5.74, 6) is -0.474. The molecule has 0 saturated heterocycles. The molecular weight excluding hydrogens is 294 g/mol.